The van der Waals surface area contributed by atoms with Crippen LogP contribution in [0.5, 0.6) is 5.75 Å². The molecule has 0 saturated carbocycles. The molecule has 2 aliphatic heterocycles. The van der Waals surface area contributed by atoms with E-state index in [9.17, 15) is 31.1 Å². The molecule has 38 heavy (non-hydrogen) atoms. The third-order valence-corrected chi connectivity index (χ3v) is 7.75. The number of hydrogen-bond donors (Lipinski definition) is 1. The standard InChI is InChI=1S/C26H25F6N3O3/c1-12-19(15-5-6-16(28)20(29)21(15)37-3)22(38-25(12,2)26(30,31)32)23-33-17-7-4-13(10-18(17)34-23)24(36)35-9-8-14(27)11-35/h4-7,10,12,14,19,22H,8-9,11H2,1-3H3,(H,33,34)/t12-,14?,19-,22+,25+/m0/s1. The second-order valence-corrected chi connectivity index (χ2v) is 9.93. The van der Waals surface area contributed by atoms with Crippen molar-refractivity contribution in [3.05, 3.63) is 58.9 Å². The lowest BCUT2D eigenvalue weighted by atomic mass is 9.77. The van der Waals surface area contributed by atoms with Gasteiger partial charge in [0.15, 0.2) is 17.2 Å². The van der Waals surface area contributed by atoms with Crippen LogP contribution in [0.1, 0.15) is 54.0 Å². The first kappa shape index (κ1) is 26.3. The van der Waals surface area contributed by atoms with Gasteiger partial charge in [0.2, 0.25) is 5.82 Å². The number of rotatable bonds is 4. The molecule has 0 spiro atoms. The van der Waals surface area contributed by atoms with Gasteiger partial charge in [-0.25, -0.2) is 13.8 Å². The van der Waals surface area contributed by atoms with Crippen LogP contribution in [-0.4, -0.2) is 58.9 Å². The van der Waals surface area contributed by atoms with E-state index in [-0.39, 0.29) is 42.4 Å². The molecular formula is C26H25F6N3O3. The number of aromatic amines is 1. The monoisotopic (exact) mass is 541 g/mol. The van der Waals surface area contributed by atoms with E-state index in [1.165, 1.54) is 36.1 Å². The minimum atomic E-state index is -4.79. The van der Waals surface area contributed by atoms with Gasteiger partial charge in [-0.05, 0) is 37.6 Å². The number of amides is 1. The van der Waals surface area contributed by atoms with Crippen LogP contribution in [-0.2, 0) is 4.74 Å². The predicted octanol–water partition coefficient (Wildman–Crippen LogP) is 5.85. The predicted molar refractivity (Wildman–Crippen MR) is 125 cm³/mol. The first-order valence-electron chi connectivity index (χ1n) is 12.0. The summed E-state index contributed by atoms with van der Waals surface area (Å²) in [7, 11) is 1.10. The summed E-state index contributed by atoms with van der Waals surface area (Å²) in [5.74, 6) is -5.76. The molecule has 2 aromatic carbocycles. The lowest BCUT2D eigenvalue weighted by Gasteiger charge is -2.32. The Balaban J connectivity index is 1.58. The van der Waals surface area contributed by atoms with Crippen molar-refractivity contribution in [2.24, 2.45) is 5.92 Å². The van der Waals surface area contributed by atoms with E-state index >= 15 is 0 Å². The number of aromatic nitrogens is 2. The van der Waals surface area contributed by atoms with E-state index < -0.39 is 53.3 Å². The van der Waals surface area contributed by atoms with Crippen LogP contribution in [0.3, 0.4) is 0 Å². The summed E-state index contributed by atoms with van der Waals surface area (Å²) in [6.07, 6.45) is -6.96. The van der Waals surface area contributed by atoms with E-state index in [0.717, 1.165) is 20.1 Å². The smallest absolute Gasteiger partial charge is 0.417 e. The lowest BCUT2D eigenvalue weighted by molar-refractivity contribution is -0.275. The Morgan fingerprint density at radius 1 is 1.24 bits per heavy atom. The quantitative estimate of drug-likeness (QED) is 0.421. The summed E-state index contributed by atoms with van der Waals surface area (Å²) in [5, 5.41) is 0. The molecule has 0 aliphatic carbocycles. The number of likely N-dealkylation sites (tertiary alicyclic amines) is 1. The Labute approximate surface area is 213 Å². The Kier molecular flexibility index (Phi) is 6.36. The van der Waals surface area contributed by atoms with Crippen LogP contribution in [0.15, 0.2) is 30.3 Å². The number of alkyl halides is 4. The van der Waals surface area contributed by atoms with Crippen molar-refractivity contribution in [1.29, 1.82) is 0 Å². The van der Waals surface area contributed by atoms with E-state index in [4.69, 9.17) is 9.47 Å². The van der Waals surface area contributed by atoms with Crippen LogP contribution >= 0.6 is 0 Å². The number of nitrogens with zero attached hydrogens (tertiary/aromatic N) is 2. The SMILES string of the molecule is COc1c([C@H]2[C@H](c3nc4ccc(C(=O)N5CCC(F)C5)cc4[nH]3)O[C@@](C)(C(F)(F)F)[C@H]2C)ccc(F)c1F. The number of fused-ring (bicyclic) bond motifs is 1. The maximum Gasteiger partial charge on any atom is 0.417 e. The van der Waals surface area contributed by atoms with E-state index in [1.807, 2.05) is 0 Å². The molecule has 2 aliphatic rings. The average Bonchev–Trinajstić information content (AvgIpc) is 3.56. The van der Waals surface area contributed by atoms with Crippen LogP contribution < -0.4 is 4.74 Å². The van der Waals surface area contributed by atoms with E-state index in [2.05, 4.69) is 9.97 Å². The highest BCUT2D eigenvalue weighted by atomic mass is 19.4. The summed E-state index contributed by atoms with van der Waals surface area (Å²) in [6.45, 7) is 2.51. The Morgan fingerprint density at radius 2 is 1.97 bits per heavy atom. The first-order chi connectivity index (χ1) is 17.9. The molecule has 6 nitrogen and oxygen atoms in total. The molecule has 0 bridgehead atoms. The number of ether oxygens (including phenoxy) is 2. The molecule has 3 heterocycles. The van der Waals surface area contributed by atoms with Crippen molar-refractivity contribution in [3.8, 4) is 5.75 Å². The molecule has 12 heteroatoms. The third kappa shape index (κ3) is 4.09. The zero-order chi connectivity index (χ0) is 27.6. The van der Waals surface area contributed by atoms with Crippen molar-refractivity contribution in [1.82, 2.24) is 14.9 Å². The van der Waals surface area contributed by atoms with Crippen molar-refractivity contribution in [2.75, 3.05) is 20.2 Å². The fourth-order valence-corrected chi connectivity index (χ4v) is 5.43. The fraction of sp³-hybridized carbons (Fsp3) is 0.462. The van der Waals surface area contributed by atoms with Gasteiger partial charge in [-0.3, -0.25) is 4.79 Å². The molecule has 2 fully saturated rings. The number of hydrogen-bond acceptors (Lipinski definition) is 4. The van der Waals surface area contributed by atoms with Crippen LogP contribution in [0, 0.1) is 17.6 Å². The molecule has 5 atom stereocenters. The Morgan fingerprint density at radius 3 is 2.61 bits per heavy atom. The molecule has 1 aromatic heterocycles. The number of halogens is 6. The molecule has 5 rings (SSSR count). The fourth-order valence-electron chi connectivity index (χ4n) is 5.43. The maximum atomic E-state index is 14.6. The largest absolute Gasteiger partial charge is 0.493 e. The van der Waals surface area contributed by atoms with Gasteiger partial charge in [0.05, 0.1) is 24.7 Å². The Bertz CT molecular complexity index is 1390. The van der Waals surface area contributed by atoms with Gasteiger partial charge >= 0.3 is 6.18 Å². The number of nitrogens with one attached hydrogen (secondary N) is 1. The number of benzene rings is 2. The number of imidazole rings is 1. The topological polar surface area (TPSA) is 67.5 Å². The van der Waals surface area contributed by atoms with E-state index in [1.54, 1.807) is 0 Å². The van der Waals surface area contributed by atoms with Crippen molar-refractivity contribution >= 4 is 16.9 Å². The maximum absolute atomic E-state index is 14.6. The molecule has 1 amide bonds. The highest BCUT2D eigenvalue weighted by Gasteiger charge is 2.65. The average molecular weight is 541 g/mol. The summed E-state index contributed by atoms with van der Waals surface area (Å²) in [5.41, 5.74) is -1.66. The summed E-state index contributed by atoms with van der Waals surface area (Å²) in [6, 6.07) is 6.55. The van der Waals surface area contributed by atoms with Crippen LogP contribution in [0.2, 0.25) is 0 Å². The Hall–Kier alpha value is -3.28. The van der Waals surface area contributed by atoms with Crippen molar-refractivity contribution in [3.63, 3.8) is 0 Å². The minimum absolute atomic E-state index is 0.00279. The summed E-state index contributed by atoms with van der Waals surface area (Å²) in [4.78, 5) is 21.6. The number of carbonyl (C=O) groups is 1. The zero-order valence-electron chi connectivity index (χ0n) is 20.7. The van der Waals surface area contributed by atoms with Gasteiger partial charge in [0.25, 0.3) is 5.91 Å². The van der Waals surface area contributed by atoms with Gasteiger partial charge in [-0.15, -0.1) is 0 Å². The minimum Gasteiger partial charge on any atom is -0.493 e. The molecular weight excluding hydrogens is 516 g/mol. The summed E-state index contributed by atoms with van der Waals surface area (Å²) >= 11 is 0. The second kappa shape index (κ2) is 9.18. The molecule has 0 radical (unpaired) electrons. The van der Waals surface area contributed by atoms with Gasteiger partial charge < -0.3 is 19.4 Å². The molecule has 1 unspecified atom stereocenters. The van der Waals surface area contributed by atoms with E-state index in [0.29, 0.717) is 11.0 Å². The number of methoxy groups -OCH3 is 1. The second-order valence-electron chi connectivity index (χ2n) is 9.93. The molecule has 2 saturated heterocycles. The van der Waals surface area contributed by atoms with Crippen LogP contribution in [0.25, 0.3) is 11.0 Å². The number of H-pyrrole nitrogens is 1. The van der Waals surface area contributed by atoms with Gasteiger partial charge in [-0.2, -0.15) is 17.6 Å². The zero-order valence-corrected chi connectivity index (χ0v) is 20.7. The first-order valence-corrected chi connectivity index (χ1v) is 12.0. The summed E-state index contributed by atoms with van der Waals surface area (Å²) < 4.78 is 95.5. The molecule has 1 N–H and O–H groups in total. The highest BCUT2D eigenvalue weighted by Crippen LogP contribution is 2.59. The van der Waals surface area contributed by atoms with Gasteiger partial charge in [-0.1, -0.05) is 13.0 Å². The van der Waals surface area contributed by atoms with Crippen molar-refractivity contribution < 1.29 is 40.6 Å². The van der Waals surface area contributed by atoms with Gasteiger partial charge in [0, 0.05) is 29.5 Å². The lowest BCUT2D eigenvalue weighted by Crippen LogP contribution is -2.46. The van der Waals surface area contributed by atoms with Crippen molar-refractivity contribution in [2.45, 2.75) is 50.2 Å². The normalized spacial score (nSPS) is 27.9. The molecule has 3 aromatic rings. The number of carbonyl (C=O) groups excluding carboxylic acids is 1. The third-order valence-electron chi connectivity index (χ3n) is 7.75. The highest BCUT2D eigenvalue weighted by molar-refractivity contribution is 5.97. The van der Waals surface area contributed by atoms with Crippen LogP contribution in [0.4, 0.5) is 26.3 Å². The van der Waals surface area contributed by atoms with Gasteiger partial charge in [0.1, 0.15) is 18.1 Å². The molecule has 204 valence electrons.